The summed E-state index contributed by atoms with van der Waals surface area (Å²) in [5.41, 5.74) is 0.211. The van der Waals surface area contributed by atoms with Crippen LogP contribution < -0.4 is 4.72 Å². The molecule has 1 saturated heterocycles. The van der Waals surface area contributed by atoms with E-state index in [0.717, 1.165) is 0 Å². The Balaban J connectivity index is 2.29. The van der Waals surface area contributed by atoms with Gasteiger partial charge < -0.3 is 9.84 Å². The van der Waals surface area contributed by atoms with Crippen LogP contribution in [0.15, 0.2) is 17.0 Å². The number of halogens is 2. The van der Waals surface area contributed by atoms with Crippen LogP contribution in [0, 0.1) is 0 Å². The van der Waals surface area contributed by atoms with Crippen LogP contribution in [0.4, 0.5) is 0 Å². The summed E-state index contributed by atoms with van der Waals surface area (Å²) in [6, 6.07) is 2.58. The van der Waals surface area contributed by atoms with Gasteiger partial charge in [0.2, 0.25) is 10.0 Å². The Morgan fingerprint density at radius 1 is 1.30 bits per heavy atom. The van der Waals surface area contributed by atoms with Gasteiger partial charge in [-0.05, 0) is 25.0 Å². The Labute approximate surface area is 127 Å². The third-order valence-electron chi connectivity index (χ3n) is 3.14. The highest BCUT2D eigenvalue weighted by atomic mass is 35.5. The minimum Gasteiger partial charge on any atom is -0.392 e. The fraction of sp³-hybridized carbons (Fsp3) is 0.500. The number of sulfonamides is 1. The van der Waals surface area contributed by atoms with E-state index in [9.17, 15) is 13.5 Å². The Kier molecular flexibility index (Phi) is 5.28. The molecule has 0 atom stereocenters. The number of nitrogens with one attached hydrogen (secondary N) is 1. The second kappa shape index (κ2) is 6.60. The summed E-state index contributed by atoms with van der Waals surface area (Å²) in [6.45, 7) is 0.644. The van der Waals surface area contributed by atoms with Crippen molar-refractivity contribution in [3.05, 3.63) is 27.7 Å². The highest BCUT2D eigenvalue weighted by molar-refractivity contribution is 7.89. The molecule has 2 N–H and O–H groups in total. The van der Waals surface area contributed by atoms with Crippen molar-refractivity contribution in [1.29, 1.82) is 0 Å². The highest BCUT2D eigenvalue weighted by Gasteiger charge is 2.25. The molecule has 0 unspecified atom stereocenters. The van der Waals surface area contributed by atoms with Crippen LogP contribution >= 0.6 is 23.2 Å². The van der Waals surface area contributed by atoms with Crippen LogP contribution in [0.2, 0.25) is 10.0 Å². The van der Waals surface area contributed by atoms with E-state index in [0.29, 0.717) is 26.1 Å². The molecule has 112 valence electrons. The predicted molar refractivity (Wildman–Crippen MR) is 76.5 cm³/mol. The minimum atomic E-state index is -3.75. The second-order valence-corrected chi connectivity index (χ2v) is 6.97. The standard InChI is InChI=1S/C12H15Cl2NO4S/c13-10-1-2-11(12(14)9(10)7-16)20(17,18)15-8-3-5-19-6-4-8/h1-2,8,15-16H,3-7H2. The Bertz CT molecular complexity index is 585. The van der Waals surface area contributed by atoms with Crippen LogP contribution in [0.3, 0.4) is 0 Å². The molecule has 1 aliphatic rings. The van der Waals surface area contributed by atoms with E-state index in [1.165, 1.54) is 12.1 Å². The molecule has 1 fully saturated rings. The highest BCUT2D eigenvalue weighted by Crippen LogP contribution is 2.31. The van der Waals surface area contributed by atoms with Crippen LogP contribution in [0.5, 0.6) is 0 Å². The summed E-state index contributed by atoms with van der Waals surface area (Å²) in [7, 11) is -3.75. The Morgan fingerprint density at radius 3 is 2.55 bits per heavy atom. The SMILES string of the molecule is O=S(=O)(NC1CCOCC1)c1ccc(Cl)c(CO)c1Cl. The number of aliphatic hydroxyl groups excluding tert-OH is 1. The van der Waals surface area contributed by atoms with Crippen molar-refractivity contribution in [3.8, 4) is 0 Å². The van der Waals surface area contributed by atoms with Gasteiger partial charge in [0.05, 0.1) is 11.6 Å². The van der Waals surface area contributed by atoms with E-state index in [1.807, 2.05) is 0 Å². The van der Waals surface area contributed by atoms with Gasteiger partial charge in [-0.1, -0.05) is 23.2 Å². The summed E-state index contributed by atoms with van der Waals surface area (Å²) in [5, 5.41) is 9.41. The molecule has 20 heavy (non-hydrogen) atoms. The lowest BCUT2D eigenvalue weighted by Crippen LogP contribution is -2.39. The average Bonchev–Trinajstić information content (AvgIpc) is 2.39. The smallest absolute Gasteiger partial charge is 0.242 e. The monoisotopic (exact) mass is 339 g/mol. The van der Waals surface area contributed by atoms with Crippen LogP contribution in [0.25, 0.3) is 0 Å². The van der Waals surface area contributed by atoms with Gasteiger partial charge >= 0.3 is 0 Å². The molecule has 5 nitrogen and oxygen atoms in total. The summed E-state index contributed by atoms with van der Waals surface area (Å²) >= 11 is 11.9. The van der Waals surface area contributed by atoms with Gasteiger partial charge in [-0.15, -0.1) is 0 Å². The summed E-state index contributed by atoms with van der Waals surface area (Å²) in [6.07, 6.45) is 1.24. The van der Waals surface area contributed by atoms with Gasteiger partial charge in [0, 0.05) is 29.8 Å². The van der Waals surface area contributed by atoms with E-state index >= 15 is 0 Å². The van der Waals surface area contributed by atoms with E-state index in [2.05, 4.69) is 4.72 Å². The maximum Gasteiger partial charge on any atom is 0.242 e. The molecule has 0 saturated carbocycles. The van der Waals surface area contributed by atoms with Crippen LogP contribution in [-0.2, 0) is 21.4 Å². The van der Waals surface area contributed by atoms with Crippen molar-refractivity contribution in [3.63, 3.8) is 0 Å². The van der Waals surface area contributed by atoms with Gasteiger partial charge in [0.25, 0.3) is 0 Å². The first-order valence-corrected chi connectivity index (χ1v) is 8.37. The largest absolute Gasteiger partial charge is 0.392 e. The quantitative estimate of drug-likeness (QED) is 0.878. The third kappa shape index (κ3) is 3.44. The first-order valence-electron chi connectivity index (χ1n) is 6.13. The molecule has 0 aromatic heterocycles. The summed E-state index contributed by atoms with van der Waals surface area (Å²) < 4.78 is 32.5. The molecule has 0 bridgehead atoms. The summed E-state index contributed by atoms with van der Waals surface area (Å²) in [5.74, 6) is 0. The third-order valence-corrected chi connectivity index (χ3v) is 5.60. The summed E-state index contributed by atoms with van der Waals surface area (Å²) in [4.78, 5) is -0.0703. The van der Waals surface area contributed by atoms with E-state index < -0.39 is 16.6 Å². The fourth-order valence-electron chi connectivity index (χ4n) is 2.03. The van der Waals surface area contributed by atoms with Crippen molar-refractivity contribution < 1.29 is 18.3 Å². The van der Waals surface area contributed by atoms with Gasteiger partial charge in [-0.2, -0.15) is 0 Å². The maximum atomic E-state index is 12.3. The molecule has 2 rings (SSSR count). The number of hydrogen-bond donors (Lipinski definition) is 2. The zero-order valence-electron chi connectivity index (χ0n) is 10.6. The van der Waals surface area contributed by atoms with Crippen molar-refractivity contribution >= 4 is 33.2 Å². The first kappa shape index (κ1) is 16.0. The lowest BCUT2D eigenvalue weighted by Gasteiger charge is -2.23. The molecule has 0 amide bonds. The predicted octanol–water partition coefficient (Wildman–Crippen LogP) is 1.94. The Hall–Kier alpha value is -0.370. The average molecular weight is 340 g/mol. The van der Waals surface area contributed by atoms with Crippen molar-refractivity contribution in [1.82, 2.24) is 4.72 Å². The molecule has 0 radical (unpaired) electrons. The van der Waals surface area contributed by atoms with E-state index in [1.54, 1.807) is 0 Å². The van der Waals surface area contributed by atoms with Crippen molar-refractivity contribution in [2.24, 2.45) is 0 Å². The van der Waals surface area contributed by atoms with Gasteiger partial charge in [-0.25, -0.2) is 13.1 Å². The minimum absolute atomic E-state index is 0.0421. The van der Waals surface area contributed by atoms with Gasteiger partial charge in [0.15, 0.2) is 0 Å². The molecule has 1 aromatic carbocycles. The normalized spacial score (nSPS) is 17.4. The van der Waals surface area contributed by atoms with Crippen LogP contribution in [-0.4, -0.2) is 32.8 Å². The molecule has 8 heteroatoms. The Morgan fingerprint density at radius 2 is 1.95 bits per heavy atom. The topological polar surface area (TPSA) is 75.6 Å². The molecule has 1 aromatic rings. The van der Waals surface area contributed by atoms with Gasteiger partial charge in [0.1, 0.15) is 4.90 Å². The van der Waals surface area contributed by atoms with Crippen molar-refractivity contribution in [2.75, 3.05) is 13.2 Å². The molecular formula is C12H15Cl2NO4S. The first-order chi connectivity index (χ1) is 9.45. The zero-order chi connectivity index (χ0) is 14.8. The zero-order valence-corrected chi connectivity index (χ0v) is 12.9. The molecule has 1 aliphatic heterocycles. The van der Waals surface area contributed by atoms with Crippen LogP contribution in [0.1, 0.15) is 18.4 Å². The number of benzene rings is 1. The number of ether oxygens (including phenoxy) is 1. The fourth-order valence-corrected chi connectivity index (χ4v) is 4.23. The second-order valence-electron chi connectivity index (χ2n) is 4.50. The molecule has 1 heterocycles. The van der Waals surface area contributed by atoms with Crippen molar-refractivity contribution in [2.45, 2.75) is 30.4 Å². The number of hydrogen-bond acceptors (Lipinski definition) is 4. The van der Waals surface area contributed by atoms with E-state index in [-0.39, 0.29) is 26.5 Å². The lowest BCUT2D eigenvalue weighted by atomic mass is 10.1. The number of rotatable bonds is 4. The molecule has 0 spiro atoms. The number of aliphatic hydroxyl groups is 1. The lowest BCUT2D eigenvalue weighted by molar-refractivity contribution is 0.0832. The van der Waals surface area contributed by atoms with E-state index in [4.69, 9.17) is 27.9 Å². The van der Waals surface area contributed by atoms with Gasteiger partial charge in [-0.3, -0.25) is 0 Å². The molecule has 0 aliphatic carbocycles. The molecular weight excluding hydrogens is 325 g/mol. The maximum absolute atomic E-state index is 12.3.